The molecule has 0 amide bonds. The molecule has 28 heavy (non-hydrogen) atoms. The number of benzene rings is 2. The van der Waals surface area contributed by atoms with Crippen LogP contribution in [0.5, 0.6) is 11.6 Å². The second-order valence-electron chi connectivity index (χ2n) is 6.11. The van der Waals surface area contributed by atoms with Crippen molar-refractivity contribution in [1.29, 1.82) is 0 Å². The molecule has 0 atom stereocenters. The molecule has 0 unspecified atom stereocenters. The molecular formula is C20H19N3O5. The van der Waals surface area contributed by atoms with Crippen LogP contribution in [0.2, 0.25) is 0 Å². The minimum absolute atomic E-state index is 0.000502. The number of aromatic amines is 1. The number of aromatic hydroxyl groups is 1. The van der Waals surface area contributed by atoms with Gasteiger partial charge in [0, 0.05) is 5.56 Å². The van der Waals surface area contributed by atoms with Crippen LogP contribution >= 0.6 is 0 Å². The van der Waals surface area contributed by atoms with Crippen molar-refractivity contribution in [3.05, 3.63) is 68.3 Å². The fourth-order valence-corrected chi connectivity index (χ4v) is 2.78. The molecule has 3 rings (SSSR count). The van der Waals surface area contributed by atoms with Gasteiger partial charge in [-0.3, -0.25) is 14.9 Å². The zero-order valence-corrected chi connectivity index (χ0v) is 15.2. The highest BCUT2D eigenvalue weighted by molar-refractivity contribution is 5.95. The average Bonchev–Trinajstić information content (AvgIpc) is 2.66. The fourth-order valence-electron chi connectivity index (χ4n) is 2.78. The van der Waals surface area contributed by atoms with Crippen LogP contribution < -0.4 is 10.3 Å². The molecule has 8 nitrogen and oxygen atoms in total. The number of hydrogen-bond donors (Lipinski definition) is 2. The third-order valence-electron chi connectivity index (χ3n) is 4.17. The van der Waals surface area contributed by atoms with Crippen molar-refractivity contribution in [1.82, 2.24) is 9.97 Å². The first-order valence-electron chi connectivity index (χ1n) is 8.81. The van der Waals surface area contributed by atoms with E-state index in [4.69, 9.17) is 4.74 Å². The first-order chi connectivity index (χ1) is 13.5. The molecule has 8 heteroatoms. The summed E-state index contributed by atoms with van der Waals surface area (Å²) >= 11 is 0. The summed E-state index contributed by atoms with van der Waals surface area (Å²) in [4.78, 5) is 27.6. The lowest BCUT2D eigenvalue weighted by Gasteiger charge is -2.11. The van der Waals surface area contributed by atoms with Gasteiger partial charge in [0.2, 0.25) is 0 Å². The molecule has 3 aromatic rings. The highest BCUT2D eigenvalue weighted by Gasteiger charge is 2.21. The fraction of sp³-hybridized carbons (Fsp3) is 0.200. The van der Waals surface area contributed by atoms with E-state index in [9.17, 15) is 20.0 Å². The van der Waals surface area contributed by atoms with Crippen LogP contribution in [0.3, 0.4) is 0 Å². The Bertz CT molecular complexity index is 1100. The van der Waals surface area contributed by atoms with Crippen molar-refractivity contribution in [2.24, 2.45) is 0 Å². The van der Waals surface area contributed by atoms with Gasteiger partial charge in [0.1, 0.15) is 11.6 Å². The highest BCUT2D eigenvalue weighted by Crippen LogP contribution is 2.30. The van der Waals surface area contributed by atoms with Crippen LogP contribution in [-0.2, 0) is 0 Å². The predicted octanol–water partition coefficient (Wildman–Crippen LogP) is 3.89. The van der Waals surface area contributed by atoms with Gasteiger partial charge in [-0.2, -0.15) is 4.98 Å². The normalized spacial score (nSPS) is 11.2. The number of aromatic nitrogens is 2. The van der Waals surface area contributed by atoms with E-state index in [0.29, 0.717) is 12.4 Å². The summed E-state index contributed by atoms with van der Waals surface area (Å²) in [6.45, 7) is 2.65. The van der Waals surface area contributed by atoms with E-state index >= 15 is 0 Å². The maximum Gasteiger partial charge on any atom is 0.395 e. The summed E-state index contributed by atoms with van der Waals surface area (Å²) in [6.07, 6.45) is 5.10. The maximum atomic E-state index is 11.8. The molecule has 144 valence electrons. The molecule has 1 heterocycles. The van der Waals surface area contributed by atoms with E-state index in [-0.39, 0.29) is 5.82 Å². The topological polar surface area (TPSA) is 118 Å². The second kappa shape index (κ2) is 8.34. The number of ether oxygens (including phenoxy) is 1. The van der Waals surface area contributed by atoms with Crippen molar-refractivity contribution in [2.45, 2.75) is 19.8 Å². The van der Waals surface area contributed by atoms with Gasteiger partial charge in [-0.05, 0) is 35.4 Å². The Morgan fingerprint density at radius 1 is 1.25 bits per heavy atom. The zero-order valence-electron chi connectivity index (χ0n) is 15.2. The van der Waals surface area contributed by atoms with Crippen LogP contribution in [0.15, 0.2) is 41.2 Å². The van der Waals surface area contributed by atoms with Crippen molar-refractivity contribution >= 4 is 28.6 Å². The van der Waals surface area contributed by atoms with E-state index in [1.165, 1.54) is 6.08 Å². The van der Waals surface area contributed by atoms with Gasteiger partial charge in [0.15, 0.2) is 0 Å². The van der Waals surface area contributed by atoms with Gasteiger partial charge in [-0.1, -0.05) is 43.7 Å². The van der Waals surface area contributed by atoms with Crippen molar-refractivity contribution in [3.63, 3.8) is 0 Å². The van der Waals surface area contributed by atoms with Crippen LogP contribution in [0.4, 0.5) is 5.69 Å². The largest absolute Gasteiger partial charge is 0.493 e. The first-order valence-corrected chi connectivity index (χ1v) is 8.81. The van der Waals surface area contributed by atoms with Crippen molar-refractivity contribution in [2.75, 3.05) is 6.61 Å². The molecule has 0 aliphatic carbocycles. The van der Waals surface area contributed by atoms with Gasteiger partial charge >= 0.3 is 11.2 Å². The first kappa shape index (κ1) is 19.1. The Balaban J connectivity index is 2.04. The monoisotopic (exact) mass is 381 g/mol. The molecule has 0 saturated heterocycles. The summed E-state index contributed by atoms with van der Waals surface area (Å²) < 4.78 is 5.89. The standard InChI is InChI=1S/C20H19N3O5/c1-2-3-12-28-16-10-8-13-6-4-5-7-14(13)15(16)9-11-17-21-19(24)18(23(26)27)20(25)22-17/h4-11H,2-3,12H2,1H3,(H2,21,22,24,25). The zero-order chi connectivity index (χ0) is 20.1. The Morgan fingerprint density at radius 2 is 2.04 bits per heavy atom. The summed E-state index contributed by atoms with van der Waals surface area (Å²) in [7, 11) is 0. The predicted molar refractivity (Wildman–Crippen MR) is 106 cm³/mol. The maximum absolute atomic E-state index is 11.8. The van der Waals surface area contributed by atoms with E-state index in [0.717, 1.165) is 29.2 Å². The van der Waals surface area contributed by atoms with Crippen molar-refractivity contribution in [3.8, 4) is 11.6 Å². The molecule has 0 radical (unpaired) electrons. The minimum Gasteiger partial charge on any atom is -0.493 e. The Kier molecular flexibility index (Phi) is 5.69. The van der Waals surface area contributed by atoms with E-state index in [1.54, 1.807) is 6.08 Å². The summed E-state index contributed by atoms with van der Waals surface area (Å²) in [5.41, 5.74) is -1.21. The van der Waals surface area contributed by atoms with Crippen molar-refractivity contribution < 1.29 is 14.8 Å². The second-order valence-corrected chi connectivity index (χ2v) is 6.11. The molecule has 1 aromatic heterocycles. The summed E-state index contributed by atoms with van der Waals surface area (Å²) in [5.74, 6) is -0.247. The van der Waals surface area contributed by atoms with Gasteiger partial charge in [-0.25, -0.2) is 0 Å². The summed E-state index contributed by atoms with van der Waals surface area (Å²) in [5, 5.41) is 22.4. The van der Waals surface area contributed by atoms with Crippen LogP contribution in [-0.4, -0.2) is 26.6 Å². The number of nitrogens with zero attached hydrogens (tertiary/aromatic N) is 2. The highest BCUT2D eigenvalue weighted by atomic mass is 16.6. The number of fused-ring (bicyclic) bond motifs is 1. The lowest BCUT2D eigenvalue weighted by Crippen LogP contribution is -2.14. The van der Waals surface area contributed by atoms with E-state index < -0.39 is 22.0 Å². The molecular weight excluding hydrogens is 362 g/mol. The molecule has 0 saturated carbocycles. The lowest BCUT2D eigenvalue weighted by molar-refractivity contribution is -0.387. The molecule has 0 bridgehead atoms. The third kappa shape index (κ3) is 4.01. The number of rotatable bonds is 7. The quantitative estimate of drug-likeness (QED) is 0.364. The molecule has 0 spiro atoms. The van der Waals surface area contributed by atoms with Crippen LogP contribution in [0.1, 0.15) is 31.2 Å². The smallest absolute Gasteiger partial charge is 0.395 e. The SMILES string of the molecule is CCCCOc1ccc2ccccc2c1C=Cc1nc(O)c([N+](=O)[O-])c(=O)[nH]1. The number of nitrogens with one attached hydrogen (secondary N) is 1. The Morgan fingerprint density at radius 3 is 2.75 bits per heavy atom. The Hall–Kier alpha value is -3.68. The average molecular weight is 381 g/mol. The van der Waals surface area contributed by atoms with E-state index in [2.05, 4.69) is 16.9 Å². The van der Waals surface area contributed by atoms with Gasteiger partial charge < -0.3 is 14.8 Å². The summed E-state index contributed by atoms with van der Waals surface area (Å²) in [6, 6.07) is 11.6. The number of H-pyrrole nitrogens is 1. The molecule has 2 N–H and O–H groups in total. The minimum atomic E-state index is -1.02. The van der Waals surface area contributed by atoms with Crippen LogP contribution in [0, 0.1) is 10.1 Å². The number of nitro groups is 1. The molecule has 0 fully saturated rings. The number of hydrogen-bond acceptors (Lipinski definition) is 6. The Labute approximate surface area is 160 Å². The molecule has 2 aromatic carbocycles. The lowest BCUT2D eigenvalue weighted by atomic mass is 10.0. The van der Waals surface area contributed by atoms with Gasteiger partial charge in [0.05, 0.1) is 11.5 Å². The molecule has 0 aliphatic heterocycles. The van der Waals surface area contributed by atoms with Gasteiger partial charge in [-0.15, -0.1) is 0 Å². The van der Waals surface area contributed by atoms with E-state index in [1.807, 2.05) is 36.4 Å². The number of unbranched alkanes of at least 4 members (excludes halogenated alkanes) is 1. The van der Waals surface area contributed by atoms with Crippen LogP contribution in [0.25, 0.3) is 22.9 Å². The third-order valence-corrected chi connectivity index (χ3v) is 4.17. The molecule has 0 aliphatic rings. The van der Waals surface area contributed by atoms with Gasteiger partial charge in [0.25, 0.3) is 5.88 Å².